The summed E-state index contributed by atoms with van der Waals surface area (Å²) in [5.41, 5.74) is -0.514. The molecule has 0 heterocycles. The first-order valence-corrected chi connectivity index (χ1v) is 13.8. The van der Waals surface area contributed by atoms with Crippen LogP contribution in [-0.4, -0.2) is 30.7 Å². The number of nitrogens with one attached hydrogen (secondary N) is 2. The van der Waals surface area contributed by atoms with Gasteiger partial charge in [-0.15, -0.1) is 0 Å². The standard InChI is InChI=1S/C26H31ClN2O4S/c1-25(2,33-22-11-7-6-10-21(22)27)24(30)28-23-18-12-17-13-19(23)16-26(14-17,15-18)34(31,32)29-20-8-4-3-5-9-20/h3-11,17-19,23,29H,12-16H2,1-2H3,(H,28,30). The van der Waals surface area contributed by atoms with Crippen LogP contribution >= 0.6 is 11.6 Å². The number of carbonyl (C=O) groups excluding carboxylic acids is 1. The number of para-hydroxylation sites is 2. The van der Waals surface area contributed by atoms with Gasteiger partial charge in [0, 0.05) is 11.7 Å². The first kappa shape index (κ1) is 23.5. The summed E-state index contributed by atoms with van der Waals surface area (Å²) in [6.45, 7) is 3.47. The average Bonchev–Trinajstić information content (AvgIpc) is 2.77. The van der Waals surface area contributed by atoms with E-state index in [1.165, 1.54) is 0 Å². The van der Waals surface area contributed by atoms with Crippen LogP contribution in [0.1, 0.15) is 46.0 Å². The van der Waals surface area contributed by atoms with Crippen molar-refractivity contribution in [1.82, 2.24) is 5.32 Å². The number of ether oxygens (including phenoxy) is 1. The van der Waals surface area contributed by atoms with E-state index in [9.17, 15) is 13.2 Å². The number of amides is 1. The van der Waals surface area contributed by atoms with Crippen molar-refractivity contribution < 1.29 is 17.9 Å². The second kappa shape index (κ2) is 8.45. The maximum absolute atomic E-state index is 13.5. The van der Waals surface area contributed by atoms with Gasteiger partial charge in [-0.05, 0) is 88.0 Å². The molecule has 0 spiro atoms. The molecule has 4 fully saturated rings. The maximum atomic E-state index is 13.5. The van der Waals surface area contributed by atoms with Crippen LogP contribution in [0.15, 0.2) is 54.6 Å². The highest BCUT2D eigenvalue weighted by molar-refractivity contribution is 7.94. The lowest BCUT2D eigenvalue weighted by molar-refractivity contribution is -0.137. The number of carbonyl (C=O) groups is 1. The van der Waals surface area contributed by atoms with Crippen LogP contribution in [0, 0.1) is 17.8 Å². The van der Waals surface area contributed by atoms with Crippen LogP contribution in [0.5, 0.6) is 5.75 Å². The minimum Gasteiger partial charge on any atom is -0.476 e. The van der Waals surface area contributed by atoms with Gasteiger partial charge >= 0.3 is 0 Å². The van der Waals surface area contributed by atoms with E-state index in [0.717, 1.165) is 12.8 Å². The molecule has 0 radical (unpaired) electrons. The van der Waals surface area contributed by atoms with Crippen LogP contribution in [0.25, 0.3) is 0 Å². The third-order valence-electron chi connectivity index (χ3n) is 7.86. The van der Waals surface area contributed by atoms with Gasteiger partial charge in [-0.1, -0.05) is 41.9 Å². The van der Waals surface area contributed by atoms with Crippen LogP contribution in [0.2, 0.25) is 5.02 Å². The van der Waals surface area contributed by atoms with Crippen molar-refractivity contribution in [2.75, 3.05) is 4.72 Å². The van der Waals surface area contributed by atoms with Gasteiger partial charge in [0.1, 0.15) is 5.75 Å². The predicted molar refractivity (Wildman–Crippen MR) is 133 cm³/mol. The number of benzene rings is 2. The molecule has 2 unspecified atom stereocenters. The first-order chi connectivity index (χ1) is 16.1. The number of anilines is 1. The summed E-state index contributed by atoms with van der Waals surface area (Å²) in [6.07, 6.45) is 3.74. The molecule has 4 aliphatic rings. The topological polar surface area (TPSA) is 84.5 Å². The Bertz CT molecular complexity index is 1170. The van der Waals surface area contributed by atoms with Crippen LogP contribution < -0.4 is 14.8 Å². The second-order valence-electron chi connectivity index (χ2n) is 10.7. The molecule has 2 aromatic rings. The molecule has 6 nitrogen and oxygen atoms in total. The van der Waals surface area contributed by atoms with Gasteiger partial charge in [0.15, 0.2) is 5.60 Å². The Balaban J connectivity index is 1.31. The smallest absolute Gasteiger partial charge is 0.263 e. The zero-order valence-corrected chi connectivity index (χ0v) is 21.0. The Morgan fingerprint density at radius 3 is 2.26 bits per heavy atom. The maximum Gasteiger partial charge on any atom is 0.263 e. The number of sulfonamides is 1. The van der Waals surface area contributed by atoms with Crippen LogP contribution in [0.4, 0.5) is 5.69 Å². The summed E-state index contributed by atoms with van der Waals surface area (Å²) in [6, 6.07) is 16.1. The molecule has 2 atom stereocenters. The van der Waals surface area contributed by atoms with Gasteiger partial charge < -0.3 is 10.1 Å². The van der Waals surface area contributed by atoms with Crippen LogP contribution in [0.3, 0.4) is 0 Å². The van der Waals surface area contributed by atoms with Crippen molar-refractivity contribution in [3.63, 3.8) is 0 Å². The molecule has 34 heavy (non-hydrogen) atoms. The van der Waals surface area contributed by atoms with E-state index in [1.807, 2.05) is 30.3 Å². The van der Waals surface area contributed by atoms with Gasteiger partial charge in [0.25, 0.3) is 5.91 Å². The summed E-state index contributed by atoms with van der Waals surface area (Å²) in [4.78, 5) is 13.3. The zero-order chi connectivity index (χ0) is 24.1. The first-order valence-electron chi connectivity index (χ1n) is 11.9. The molecule has 182 valence electrons. The molecular formula is C26H31ClN2O4S. The summed E-state index contributed by atoms with van der Waals surface area (Å²) < 4.78 is 35.1. The van der Waals surface area contributed by atoms with Crippen molar-refractivity contribution in [1.29, 1.82) is 0 Å². The van der Waals surface area contributed by atoms with E-state index in [0.29, 0.717) is 41.6 Å². The minimum atomic E-state index is -3.56. The molecule has 0 aliphatic heterocycles. The summed E-state index contributed by atoms with van der Waals surface area (Å²) in [5.74, 6) is 0.915. The molecule has 4 saturated carbocycles. The Hall–Kier alpha value is -2.25. The molecule has 8 heteroatoms. The lowest BCUT2D eigenvalue weighted by atomic mass is 9.53. The largest absolute Gasteiger partial charge is 0.476 e. The van der Waals surface area contributed by atoms with E-state index in [-0.39, 0.29) is 23.8 Å². The van der Waals surface area contributed by atoms with Crippen LogP contribution in [-0.2, 0) is 14.8 Å². The molecule has 0 aromatic heterocycles. The number of hydrogen-bond acceptors (Lipinski definition) is 4. The normalized spacial score (nSPS) is 30.1. The van der Waals surface area contributed by atoms with Crippen molar-refractivity contribution in [2.45, 2.75) is 62.3 Å². The van der Waals surface area contributed by atoms with E-state index in [2.05, 4.69) is 10.0 Å². The highest BCUT2D eigenvalue weighted by Gasteiger charge is 2.61. The molecular weight excluding hydrogens is 472 g/mol. The monoisotopic (exact) mass is 502 g/mol. The fourth-order valence-corrected chi connectivity index (χ4v) is 8.62. The molecule has 0 saturated heterocycles. The lowest BCUT2D eigenvalue weighted by Gasteiger charge is -2.59. The Labute approximate surface area is 206 Å². The highest BCUT2D eigenvalue weighted by Crippen LogP contribution is 2.58. The second-order valence-corrected chi connectivity index (χ2v) is 13.2. The van der Waals surface area contributed by atoms with E-state index in [1.54, 1.807) is 38.1 Å². The lowest BCUT2D eigenvalue weighted by Crippen LogP contribution is -2.66. The SMILES string of the molecule is CC(C)(Oc1ccccc1Cl)C(=O)NC1C2CC3CC1CC(S(=O)(=O)Nc1ccccc1)(C3)C2. The fraction of sp³-hybridized carbons (Fsp3) is 0.500. The quantitative estimate of drug-likeness (QED) is 0.557. The summed E-state index contributed by atoms with van der Waals surface area (Å²) >= 11 is 6.22. The van der Waals surface area contributed by atoms with Gasteiger partial charge in [-0.3, -0.25) is 9.52 Å². The average molecular weight is 503 g/mol. The number of hydrogen-bond donors (Lipinski definition) is 2. The van der Waals surface area contributed by atoms with Crippen molar-refractivity contribution in [3.8, 4) is 5.75 Å². The van der Waals surface area contributed by atoms with Gasteiger partial charge in [-0.2, -0.15) is 0 Å². The van der Waals surface area contributed by atoms with E-state index >= 15 is 0 Å². The van der Waals surface area contributed by atoms with Crippen molar-refractivity contribution in [3.05, 3.63) is 59.6 Å². The van der Waals surface area contributed by atoms with E-state index < -0.39 is 20.4 Å². The highest BCUT2D eigenvalue weighted by atomic mass is 35.5. The molecule has 1 amide bonds. The Morgan fingerprint density at radius 2 is 1.62 bits per heavy atom. The third-order valence-corrected chi connectivity index (χ3v) is 10.3. The number of halogens is 1. The molecule has 6 rings (SSSR count). The minimum absolute atomic E-state index is 0.0433. The zero-order valence-electron chi connectivity index (χ0n) is 19.5. The summed E-state index contributed by atoms with van der Waals surface area (Å²) in [5, 5.41) is 3.69. The van der Waals surface area contributed by atoms with Gasteiger partial charge in [-0.25, -0.2) is 8.42 Å². The molecule has 2 aromatic carbocycles. The van der Waals surface area contributed by atoms with Crippen molar-refractivity contribution >= 4 is 33.2 Å². The third kappa shape index (κ3) is 4.17. The number of rotatable bonds is 7. The predicted octanol–water partition coefficient (Wildman–Crippen LogP) is 5.00. The van der Waals surface area contributed by atoms with Gasteiger partial charge in [0.05, 0.1) is 9.77 Å². The van der Waals surface area contributed by atoms with Gasteiger partial charge in [0.2, 0.25) is 10.0 Å². The fourth-order valence-electron chi connectivity index (χ4n) is 6.46. The Kier molecular flexibility index (Phi) is 5.84. The Morgan fingerprint density at radius 1 is 1.00 bits per heavy atom. The van der Waals surface area contributed by atoms with E-state index in [4.69, 9.17) is 16.3 Å². The molecule has 4 bridgehead atoms. The summed E-state index contributed by atoms with van der Waals surface area (Å²) in [7, 11) is -3.56. The molecule has 4 aliphatic carbocycles. The van der Waals surface area contributed by atoms with Crippen molar-refractivity contribution in [2.24, 2.45) is 17.8 Å². The molecule has 2 N–H and O–H groups in total.